The fourth-order valence-electron chi connectivity index (χ4n) is 2.32. The topological polar surface area (TPSA) is 18.5 Å². The van der Waals surface area contributed by atoms with Gasteiger partial charge in [-0.2, -0.15) is 0 Å². The average molecular weight is 213 g/mol. The van der Waals surface area contributed by atoms with E-state index < -0.39 is 0 Å². The van der Waals surface area contributed by atoms with Gasteiger partial charge in [-0.15, -0.1) is 0 Å². The highest BCUT2D eigenvalue weighted by Crippen LogP contribution is 2.15. The highest BCUT2D eigenvalue weighted by molar-refractivity contribution is 4.83. The van der Waals surface area contributed by atoms with Gasteiger partial charge in [-0.05, 0) is 26.9 Å². The summed E-state index contributed by atoms with van der Waals surface area (Å²) in [4.78, 5) is 5.09. The van der Waals surface area contributed by atoms with Gasteiger partial charge < -0.3 is 10.2 Å². The molecule has 0 amide bonds. The number of hydrogen-bond donors (Lipinski definition) is 1. The van der Waals surface area contributed by atoms with E-state index >= 15 is 0 Å². The summed E-state index contributed by atoms with van der Waals surface area (Å²) in [6, 6.07) is 1.32. The lowest BCUT2D eigenvalue weighted by molar-refractivity contribution is 0.0658. The van der Waals surface area contributed by atoms with Crippen LogP contribution in [0.25, 0.3) is 0 Å². The van der Waals surface area contributed by atoms with Gasteiger partial charge in [-0.25, -0.2) is 0 Å². The molecule has 0 aromatic rings. The summed E-state index contributed by atoms with van der Waals surface area (Å²) in [5.74, 6) is 0.752. The Balaban J connectivity index is 2.43. The zero-order valence-corrected chi connectivity index (χ0v) is 11.0. The molecule has 0 aliphatic carbocycles. The van der Waals surface area contributed by atoms with Crippen molar-refractivity contribution in [2.75, 3.05) is 40.3 Å². The van der Waals surface area contributed by atoms with Crippen molar-refractivity contribution in [2.45, 2.75) is 32.9 Å². The van der Waals surface area contributed by atoms with Crippen molar-refractivity contribution in [3.63, 3.8) is 0 Å². The third-order valence-electron chi connectivity index (χ3n) is 3.57. The zero-order valence-electron chi connectivity index (χ0n) is 11.0. The molecule has 1 saturated heterocycles. The fraction of sp³-hybridized carbons (Fsp3) is 1.00. The molecule has 1 aliphatic rings. The van der Waals surface area contributed by atoms with Gasteiger partial charge in [0.25, 0.3) is 0 Å². The van der Waals surface area contributed by atoms with Crippen LogP contribution in [0.2, 0.25) is 0 Å². The largest absolute Gasteiger partial charge is 0.316 e. The molecule has 1 heterocycles. The molecule has 0 radical (unpaired) electrons. The molecule has 0 bridgehead atoms. The molecule has 0 spiro atoms. The number of rotatable bonds is 4. The van der Waals surface area contributed by atoms with E-state index in [1.165, 1.54) is 26.2 Å². The van der Waals surface area contributed by atoms with Gasteiger partial charge in [0, 0.05) is 38.3 Å². The quantitative estimate of drug-likeness (QED) is 0.747. The first kappa shape index (κ1) is 12.9. The fourth-order valence-corrected chi connectivity index (χ4v) is 2.32. The van der Waals surface area contributed by atoms with Crippen molar-refractivity contribution in [2.24, 2.45) is 5.92 Å². The molecule has 90 valence electrons. The van der Waals surface area contributed by atoms with E-state index in [0.29, 0.717) is 6.04 Å². The molecule has 0 saturated carbocycles. The highest BCUT2D eigenvalue weighted by atomic mass is 15.3. The second kappa shape index (κ2) is 5.83. The maximum absolute atomic E-state index is 3.31. The predicted octanol–water partition coefficient (Wildman–Crippen LogP) is 0.866. The van der Waals surface area contributed by atoms with Crippen molar-refractivity contribution >= 4 is 0 Å². The molecule has 1 rings (SSSR count). The number of likely N-dealkylation sites (N-methyl/N-ethyl adjacent to an activating group) is 2. The number of nitrogens with one attached hydrogen (secondary N) is 1. The van der Waals surface area contributed by atoms with Crippen LogP contribution >= 0.6 is 0 Å². The molecular weight excluding hydrogens is 186 g/mol. The SMILES string of the molecule is CNC(C)CN1CCN(C)C(C(C)C)C1. The third-order valence-corrected chi connectivity index (χ3v) is 3.57. The first-order valence-electron chi connectivity index (χ1n) is 6.14. The minimum atomic E-state index is 0.598. The van der Waals surface area contributed by atoms with Crippen LogP contribution < -0.4 is 5.32 Å². The van der Waals surface area contributed by atoms with Crippen LogP contribution in [0.15, 0.2) is 0 Å². The molecule has 1 fully saturated rings. The van der Waals surface area contributed by atoms with Gasteiger partial charge in [-0.1, -0.05) is 13.8 Å². The lowest BCUT2D eigenvalue weighted by atomic mass is 10.00. The summed E-state index contributed by atoms with van der Waals surface area (Å²) in [5.41, 5.74) is 0. The number of hydrogen-bond acceptors (Lipinski definition) is 3. The molecule has 2 unspecified atom stereocenters. The van der Waals surface area contributed by atoms with Crippen molar-refractivity contribution in [1.82, 2.24) is 15.1 Å². The number of piperazine rings is 1. The Morgan fingerprint density at radius 3 is 2.47 bits per heavy atom. The van der Waals surface area contributed by atoms with Crippen LogP contribution in [-0.4, -0.2) is 62.2 Å². The smallest absolute Gasteiger partial charge is 0.0243 e. The molecule has 1 aliphatic heterocycles. The van der Waals surface area contributed by atoms with Gasteiger partial charge in [-0.3, -0.25) is 4.90 Å². The monoisotopic (exact) mass is 213 g/mol. The molecule has 0 aromatic carbocycles. The van der Waals surface area contributed by atoms with Crippen LogP contribution in [0, 0.1) is 5.92 Å². The average Bonchev–Trinajstić information content (AvgIpc) is 2.20. The Labute approximate surface area is 94.8 Å². The summed E-state index contributed by atoms with van der Waals surface area (Å²) in [6.45, 7) is 11.7. The third kappa shape index (κ3) is 3.74. The molecule has 1 N–H and O–H groups in total. The molecule has 0 aromatic heterocycles. The van der Waals surface area contributed by atoms with Gasteiger partial charge in [0.15, 0.2) is 0 Å². The second-order valence-corrected chi connectivity index (χ2v) is 5.24. The standard InChI is InChI=1S/C12H27N3/c1-10(2)12-9-15(7-6-14(12)5)8-11(3)13-4/h10-13H,6-9H2,1-5H3. The van der Waals surface area contributed by atoms with E-state index in [0.717, 1.165) is 12.0 Å². The van der Waals surface area contributed by atoms with Crippen molar-refractivity contribution < 1.29 is 0 Å². The lowest BCUT2D eigenvalue weighted by Gasteiger charge is -2.42. The maximum atomic E-state index is 3.31. The zero-order chi connectivity index (χ0) is 11.4. The summed E-state index contributed by atoms with van der Waals surface area (Å²) in [5, 5.41) is 3.31. The predicted molar refractivity (Wildman–Crippen MR) is 66.2 cm³/mol. The van der Waals surface area contributed by atoms with Gasteiger partial charge >= 0.3 is 0 Å². The summed E-state index contributed by atoms with van der Waals surface area (Å²) < 4.78 is 0. The Bertz CT molecular complexity index is 182. The molecule has 2 atom stereocenters. The Morgan fingerprint density at radius 1 is 1.27 bits per heavy atom. The van der Waals surface area contributed by atoms with E-state index in [1.807, 2.05) is 7.05 Å². The minimum absolute atomic E-state index is 0.598. The van der Waals surface area contributed by atoms with Crippen molar-refractivity contribution in [3.05, 3.63) is 0 Å². The molecule has 3 heteroatoms. The first-order chi connectivity index (χ1) is 7.04. The van der Waals surface area contributed by atoms with E-state index in [2.05, 4.69) is 42.9 Å². The van der Waals surface area contributed by atoms with Gasteiger partial charge in [0.1, 0.15) is 0 Å². The molecule has 3 nitrogen and oxygen atoms in total. The van der Waals surface area contributed by atoms with Crippen LogP contribution in [-0.2, 0) is 0 Å². The van der Waals surface area contributed by atoms with E-state index in [-0.39, 0.29) is 0 Å². The van der Waals surface area contributed by atoms with E-state index in [4.69, 9.17) is 0 Å². The van der Waals surface area contributed by atoms with Crippen LogP contribution in [0.5, 0.6) is 0 Å². The van der Waals surface area contributed by atoms with Crippen molar-refractivity contribution in [1.29, 1.82) is 0 Å². The molecular formula is C12H27N3. The van der Waals surface area contributed by atoms with Crippen LogP contribution in [0.1, 0.15) is 20.8 Å². The Kier molecular flexibility index (Phi) is 5.03. The van der Waals surface area contributed by atoms with Crippen LogP contribution in [0.4, 0.5) is 0 Å². The second-order valence-electron chi connectivity index (χ2n) is 5.24. The highest BCUT2D eigenvalue weighted by Gasteiger charge is 2.26. The van der Waals surface area contributed by atoms with Crippen molar-refractivity contribution in [3.8, 4) is 0 Å². The lowest BCUT2D eigenvalue weighted by Crippen LogP contribution is -2.55. The Hall–Kier alpha value is -0.120. The van der Waals surface area contributed by atoms with Crippen LogP contribution in [0.3, 0.4) is 0 Å². The van der Waals surface area contributed by atoms with E-state index in [9.17, 15) is 0 Å². The minimum Gasteiger partial charge on any atom is -0.316 e. The van der Waals surface area contributed by atoms with E-state index in [1.54, 1.807) is 0 Å². The Morgan fingerprint density at radius 2 is 1.93 bits per heavy atom. The normalized spacial score (nSPS) is 27.2. The van der Waals surface area contributed by atoms with Gasteiger partial charge in [0.05, 0.1) is 0 Å². The summed E-state index contributed by atoms with van der Waals surface area (Å²) in [6.07, 6.45) is 0. The van der Waals surface area contributed by atoms with Gasteiger partial charge in [0.2, 0.25) is 0 Å². The number of nitrogens with zero attached hydrogens (tertiary/aromatic N) is 2. The summed E-state index contributed by atoms with van der Waals surface area (Å²) in [7, 11) is 4.30. The molecule has 15 heavy (non-hydrogen) atoms. The first-order valence-corrected chi connectivity index (χ1v) is 6.14. The summed E-state index contributed by atoms with van der Waals surface area (Å²) >= 11 is 0. The maximum Gasteiger partial charge on any atom is 0.0243 e.